The average Bonchev–Trinajstić information content (AvgIpc) is 3.47. The summed E-state index contributed by atoms with van der Waals surface area (Å²) in [6.45, 7) is 0. The number of para-hydroxylation sites is 2. The third-order valence-electron chi connectivity index (χ3n) is 8.80. The van der Waals surface area contributed by atoms with Crippen LogP contribution in [-0.2, 0) is 4.57 Å². The molecule has 0 saturated heterocycles. The molecule has 2 aromatic heterocycles. The van der Waals surface area contributed by atoms with Gasteiger partial charge >= 0.3 is 0 Å². The molecule has 0 radical (unpaired) electrons. The molecule has 0 saturated carbocycles. The molecule has 0 unspecified atom stereocenters. The first kappa shape index (κ1) is 24.4. The maximum atomic E-state index is 15.5. The Labute approximate surface area is 248 Å². The quantitative estimate of drug-likeness (QED) is 0.121. The summed E-state index contributed by atoms with van der Waals surface area (Å²) in [6.07, 6.45) is 0. The van der Waals surface area contributed by atoms with Crippen molar-refractivity contribution >= 4 is 83.0 Å². The molecule has 0 fully saturated rings. The van der Waals surface area contributed by atoms with Gasteiger partial charge in [0.15, 0.2) is 7.14 Å². The highest BCUT2D eigenvalue weighted by Gasteiger charge is 2.31. The van der Waals surface area contributed by atoms with Crippen LogP contribution < -0.4 is 15.9 Å². The fourth-order valence-corrected chi connectivity index (χ4v) is 9.72. The number of fused-ring (bicyclic) bond motifs is 11. The van der Waals surface area contributed by atoms with Gasteiger partial charge in [0.05, 0.1) is 16.6 Å². The Balaban J connectivity index is 1.49. The SMILES string of the molecule is O=P(c1ccccc1)(c1ccccc1)c1cccc2cc3c4ccc5ccccc5c4c4nc5ccccc5n4c3cc12. The van der Waals surface area contributed by atoms with Gasteiger partial charge < -0.3 is 4.57 Å². The summed E-state index contributed by atoms with van der Waals surface area (Å²) in [7, 11) is -3.20. The molecular weight excluding hydrogens is 543 g/mol. The number of hydrogen-bond donors (Lipinski definition) is 0. The van der Waals surface area contributed by atoms with Gasteiger partial charge in [-0.2, -0.15) is 0 Å². The van der Waals surface area contributed by atoms with Crippen LogP contribution in [0.3, 0.4) is 0 Å². The smallest absolute Gasteiger partial charge is 0.171 e. The van der Waals surface area contributed by atoms with E-state index in [-0.39, 0.29) is 0 Å². The number of aromatic nitrogens is 2. The second-order valence-electron chi connectivity index (χ2n) is 11.1. The summed E-state index contributed by atoms with van der Waals surface area (Å²) in [6, 6.07) is 51.9. The van der Waals surface area contributed by atoms with Crippen LogP contribution in [0.4, 0.5) is 0 Å². The van der Waals surface area contributed by atoms with E-state index >= 15 is 4.57 Å². The van der Waals surface area contributed by atoms with Crippen LogP contribution in [0.25, 0.3) is 59.9 Å². The van der Waals surface area contributed by atoms with Crippen molar-refractivity contribution in [1.82, 2.24) is 9.38 Å². The predicted octanol–water partition coefficient (Wildman–Crippen LogP) is 8.74. The highest BCUT2D eigenvalue weighted by Crippen LogP contribution is 2.45. The second-order valence-corrected chi connectivity index (χ2v) is 13.8. The van der Waals surface area contributed by atoms with E-state index in [4.69, 9.17) is 4.98 Å². The minimum absolute atomic E-state index is 0.831. The Bertz CT molecular complexity index is 2540. The van der Waals surface area contributed by atoms with E-state index in [1.807, 2.05) is 78.9 Å². The molecule has 43 heavy (non-hydrogen) atoms. The van der Waals surface area contributed by atoms with Crippen molar-refractivity contribution in [2.75, 3.05) is 0 Å². The lowest BCUT2D eigenvalue weighted by Gasteiger charge is -2.22. The van der Waals surface area contributed by atoms with Gasteiger partial charge in [-0.05, 0) is 51.2 Å². The van der Waals surface area contributed by atoms with Crippen LogP contribution in [0, 0.1) is 0 Å². The number of benzene rings is 7. The van der Waals surface area contributed by atoms with Gasteiger partial charge in [-0.15, -0.1) is 0 Å². The van der Waals surface area contributed by atoms with Crippen molar-refractivity contribution in [3.8, 4) is 0 Å². The molecule has 4 heteroatoms. The minimum atomic E-state index is -3.20. The van der Waals surface area contributed by atoms with Gasteiger partial charge in [0.25, 0.3) is 0 Å². The van der Waals surface area contributed by atoms with E-state index in [2.05, 4.69) is 77.2 Å². The Morgan fingerprint density at radius 1 is 0.488 bits per heavy atom. The molecule has 9 rings (SSSR count). The van der Waals surface area contributed by atoms with Crippen LogP contribution in [0.2, 0.25) is 0 Å². The van der Waals surface area contributed by atoms with Crippen LogP contribution in [0.5, 0.6) is 0 Å². The number of imidazole rings is 1. The molecule has 202 valence electrons. The van der Waals surface area contributed by atoms with Crippen molar-refractivity contribution in [3.63, 3.8) is 0 Å². The van der Waals surface area contributed by atoms with Gasteiger partial charge in [-0.25, -0.2) is 4.98 Å². The Kier molecular flexibility index (Phi) is 5.17. The first-order chi connectivity index (χ1) is 21.2. The van der Waals surface area contributed by atoms with Crippen LogP contribution in [0.15, 0.2) is 152 Å². The van der Waals surface area contributed by atoms with Crippen molar-refractivity contribution < 1.29 is 4.57 Å². The van der Waals surface area contributed by atoms with Crippen LogP contribution >= 0.6 is 7.14 Å². The third kappa shape index (κ3) is 3.43. The average molecular weight is 569 g/mol. The van der Waals surface area contributed by atoms with Gasteiger partial charge in [-0.3, -0.25) is 4.40 Å². The Hall–Kier alpha value is -5.24. The van der Waals surface area contributed by atoms with E-state index in [9.17, 15) is 0 Å². The highest BCUT2D eigenvalue weighted by atomic mass is 31.2. The molecule has 0 amide bonds. The molecule has 3 nitrogen and oxygen atoms in total. The van der Waals surface area contributed by atoms with Gasteiger partial charge in [0.2, 0.25) is 0 Å². The number of nitrogens with zero attached hydrogens (tertiary/aromatic N) is 2. The topological polar surface area (TPSA) is 34.4 Å². The number of pyridine rings is 1. The first-order valence-electron chi connectivity index (χ1n) is 14.5. The molecule has 9 aromatic rings. The summed E-state index contributed by atoms with van der Waals surface area (Å²) in [4.78, 5) is 5.20. The fraction of sp³-hybridized carbons (Fsp3) is 0. The number of hydrogen-bond acceptors (Lipinski definition) is 2. The molecule has 0 atom stereocenters. The fourth-order valence-electron chi connectivity index (χ4n) is 6.85. The van der Waals surface area contributed by atoms with Crippen LogP contribution in [0.1, 0.15) is 0 Å². The number of rotatable bonds is 3. The molecule has 0 spiro atoms. The molecule has 7 aromatic carbocycles. The van der Waals surface area contributed by atoms with E-state index in [1.165, 1.54) is 10.8 Å². The van der Waals surface area contributed by atoms with Gasteiger partial charge in [0, 0.05) is 26.7 Å². The summed E-state index contributed by atoms with van der Waals surface area (Å²) in [5, 5.41) is 10.4. The second kappa shape index (κ2) is 9.13. The Morgan fingerprint density at radius 3 is 1.95 bits per heavy atom. The zero-order valence-electron chi connectivity index (χ0n) is 23.2. The largest absolute Gasteiger partial charge is 0.309 e. The molecule has 0 aliphatic carbocycles. The lowest BCUT2D eigenvalue weighted by atomic mass is 9.97. The molecule has 0 aliphatic rings. The Morgan fingerprint density at radius 2 is 1.16 bits per heavy atom. The highest BCUT2D eigenvalue weighted by molar-refractivity contribution is 7.85. The zero-order chi connectivity index (χ0) is 28.5. The van der Waals surface area contributed by atoms with Crippen molar-refractivity contribution in [2.24, 2.45) is 0 Å². The predicted molar refractivity (Wildman–Crippen MR) is 182 cm³/mol. The maximum Gasteiger partial charge on any atom is 0.171 e. The monoisotopic (exact) mass is 568 g/mol. The van der Waals surface area contributed by atoms with Gasteiger partial charge in [-0.1, -0.05) is 127 Å². The maximum absolute atomic E-state index is 15.5. The normalized spacial score (nSPS) is 12.3. The van der Waals surface area contributed by atoms with Crippen LogP contribution in [-0.4, -0.2) is 9.38 Å². The van der Waals surface area contributed by atoms with Crippen molar-refractivity contribution in [3.05, 3.63) is 152 Å². The molecule has 2 heterocycles. The zero-order valence-corrected chi connectivity index (χ0v) is 24.1. The van der Waals surface area contributed by atoms with E-state index in [0.717, 1.165) is 65.0 Å². The minimum Gasteiger partial charge on any atom is -0.309 e. The lowest BCUT2D eigenvalue weighted by Crippen LogP contribution is -2.25. The van der Waals surface area contributed by atoms with E-state index in [0.29, 0.717) is 0 Å². The van der Waals surface area contributed by atoms with Crippen molar-refractivity contribution in [2.45, 2.75) is 0 Å². The third-order valence-corrected chi connectivity index (χ3v) is 11.9. The summed E-state index contributed by atoms with van der Waals surface area (Å²) in [5.74, 6) is 0. The summed E-state index contributed by atoms with van der Waals surface area (Å²) < 4.78 is 17.8. The van der Waals surface area contributed by atoms with Gasteiger partial charge in [0.1, 0.15) is 5.65 Å². The molecular formula is C39H25N2OP. The van der Waals surface area contributed by atoms with Crippen molar-refractivity contribution in [1.29, 1.82) is 0 Å². The summed E-state index contributed by atoms with van der Waals surface area (Å²) >= 11 is 0. The summed E-state index contributed by atoms with van der Waals surface area (Å²) in [5.41, 5.74) is 4.01. The standard InChI is InChI=1S/C39H25N2OP/c42-43(28-14-3-1-4-15-28,29-16-5-2-6-17-29)37-21-11-13-27-24-33-31-23-22-26-12-7-8-18-30(26)38(31)39-40-34-19-9-10-20-35(34)41(39)36(33)25-32(27)37/h1-25H. The van der Waals surface area contributed by atoms with E-state index < -0.39 is 7.14 Å². The lowest BCUT2D eigenvalue weighted by molar-refractivity contribution is 0.592. The van der Waals surface area contributed by atoms with E-state index in [1.54, 1.807) is 0 Å². The molecule has 0 bridgehead atoms. The molecule has 0 N–H and O–H groups in total. The molecule has 0 aliphatic heterocycles. The first-order valence-corrected chi connectivity index (χ1v) is 16.2.